The maximum atomic E-state index is 13.2. The Morgan fingerprint density at radius 2 is 2.08 bits per heavy atom. The van der Waals surface area contributed by atoms with Crippen molar-refractivity contribution in [1.29, 1.82) is 0 Å². The van der Waals surface area contributed by atoms with Gasteiger partial charge >= 0.3 is 0 Å². The van der Waals surface area contributed by atoms with Crippen LogP contribution < -0.4 is 15.4 Å². The first-order valence-electron chi connectivity index (χ1n) is 8.11. The van der Waals surface area contributed by atoms with Crippen LogP contribution in [-0.4, -0.2) is 51.8 Å². The Morgan fingerprint density at radius 3 is 2.80 bits per heavy atom. The molecule has 138 valence electrons. The number of aliphatic imine (C=N–C) groups is 1. The summed E-state index contributed by atoms with van der Waals surface area (Å²) in [6, 6.07) is 4.70. The van der Waals surface area contributed by atoms with Crippen molar-refractivity contribution in [3.63, 3.8) is 0 Å². The zero-order valence-corrected chi connectivity index (χ0v) is 15.2. The average molecular weight is 369 g/mol. The van der Waals surface area contributed by atoms with Crippen molar-refractivity contribution in [1.82, 2.24) is 20.3 Å². The predicted octanol–water partition coefficient (Wildman–Crippen LogP) is 0.954. The van der Waals surface area contributed by atoms with Gasteiger partial charge in [-0.15, -0.1) is 0 Å². The van der Waals surface area contributed by atoms with Crippen LogP contribution in [0.3, 0.4) is 0 Å². The van der Waals surface area contributed by atoms with E-state index in [1.807, 2.05) is 13.1 Å². The van der Waals surface area contributed by atoms with Crippen LogP contribution in [0.1, 0.15) is 12.5 Å². The summed E-state index contributed by atoms with van der Waals surface area (Å²) < 4.78 is 37.6. The highest BCUT2D eigenvalue weighted by atomic mass is 32.2. The molecule has 2 aromatic rings. The molecule has 0 unspecified atom stereocenters. The first-order chi connectivity index (χ1) is 11.9. The van der Waals surface area contributed by atoms with Crippen molar-refractivity contribution in [2.45, 2.75) is 13.3 Å². The lowest BCUT2D eigenvalue weighted by Crippen LogP contribution is -2.39. The van der Waals surface area contributed by atoms with Crippen molar-refractivity contribution in [3.8, 4) is 0 Å². The smallest absolute Gasteiger partial charge is 0.208 e. The molecule has 0 saturated heterocycles. The summed E-state index contributed by atoms with van der Waals surface area (Å²) in [6.45, 7) is 3.91. The number of sulfonamides is 1. The van der Waals surface area contributed by atoms with Crippen LogP contribution in [0, 0.1) is 5.82 Å². The van der Waals surface area contributed by atoms with Gasteiger partial charge in [-0.3, -0.25) is 4.99 Å². The van der Waals surface area contributed by atoms with Crippen molar-refractivity contribution in [2.24, 2.45) is 4.99 Å². The molecule has 0 aliphatic heterocycles. The first-order valence-corrected chi connectivity index (χ1v) is 10.0. The Labute approximate surface area is 147 Å². The number of aromatic amines is 1. The summed E-state index contributed by atoms with van der Waals surface area (Å²) in [6.07, 6.45) is 3.75. The highest BCUT2D eigenvalue weighted by molar-refractivity contribution is 7.88. The molecule has 9 heteroatoms. The third kappa shape index (κ3) is 6.35. The molecular weight excluding hydrogens is 345 g/mol. The lowest BCUT2D eigenvalue weighted by molar-refractivity contribution is 0.588. The molecule has 0 atom stereocenters. The van der Waals surface area contributed by atoms with E-state index >= 15 is 0 Å². The number of aromatic nitrogens is 1. The van der Waals surface area contributed by atoms with Gasteiger partial charge in [0.05, 0.1) is 12.8 Å². The van der Waals surface area contributed by atoms with E-state index in [1.54, 1.807) is 6.07 Å². The Balaban J connectivity index is 1.87. The van der Waals surface area contributed by atoms with Gasteiger partial charge in [-0.25, -0.2) is 17.5 Å². The molecule has 2 rings (SSSR count). The van der Waals surface area contributed by atoms with Gasteiger partial charge in [0.1, 0.15) is 5.82 Å². The van der Waals surface area contributed by atoms with Gasteiger partial charge in [0.25, 0.3) is 0 Å². The van der Waals surface area contributed by atoms with Crippen LogP contribution in [0.25, 0.3) is 10.9 Å². The van der Waals surface area contributed by atoms with E-state index in [9.17, 15) is 12.8 Å². The van der Waals surface area contributed by atoms with Crippen molar-refractivity contribution in [3.05, 3.63) is 35.8 Å². The molecule has 0 fully saturated rings. The molecule has 1 heterocycles. The topological polar surface area (TPSA) is 98.4 Å². The zero-order chi connectivity index (χ0) is 18.3. The maximum Gasteiger partial charge on any atom is 0.208 e. The predicted molar refractivity (Wildman–Crippen MR) is 98.8 cm³/mol. The van der Waals surface area contributed by atoms with Gasteiger partial charge in [-0.2, -0.15) is 0 Å². The Bertz CT molecular complexity index is 832. The second kappa shape index (κ2) is 8.82. The summed E-state index contributed by atoms with van der Waals surface area (Å²) in [5.74, 6) is 0.368. The lowest BCUT2D eigenvalue weighted by Gasteiger charge is -2.11. The monoisotopic (exact) mass is 369 g/mol. The van der Waals surface area contributed by atoms with Crippen molar-refractivity contribution in [2.75, 3.05) is 32.4 Å². The standard InChI is InChI=1S/C16H24FN5O2S/c1-3-18-16(20-8-9-22-25(2,23)24)19-7-6-12-11-21-15-10-13(17)4-5-14(12)15/h4-5,10-11,21-22H,3,6-9H2,1-2H3,(H2,18,19,20). The van der Waals surface area contributed by atoms with Crippen LogP contribution in [0.2, 0.25) is 0 Å². The van der Waals surface area contributed by atoms with Crippen LogP contribution >= 0.6 is 0 Å². The Hall–Kier alpha value is -2.13. The average Bonchev–Trinajstić information content (AvgIpc) is 2.92. The number of halogens is 1. The number of guanidine groups is 1. The molecule has 0 spiro atoms. The fraction of sp³-hybridized carbons (Fsp3) is 0.438. The summed E-state index contributed by atoms with van der Waals surface area (Å²) in [7, 11) is -3.20. The largest absolute Gasteiger partial charge is 0.361 e. The molecule has 0 aliphatic rings. The molecule has 1 aromatic heterocycles. The molecule has 0 radical (unpaired) electrons. The number of rotatable bonds is 8. The summed E-state index contributed by atoms with van der Waals surface area (Å²) >= 11 is 0. The highest BCUT2D eigenvalue weighted by Crippen LogP contribution is 2.19. The minimum Gasteiger partial charge on any atom is -0.361 e. The molecule has 1 aromatic carbocycles. The molecule has 4 N–H and O–H groups in total. The van der Waals surface area contributed by atoms with Crippen LogP contribution in [0.15, 0.2) is 29.4 Å². The number of hydrogen-bond donors (Lipinski definition) is 4. The van der Waals surface area contributed by atoms with Gasteiger partial charge in [-0.1, -0.05) is 0 Å². The fourth-order valence-corrected chi connectivity index (χ4v) is 2.88. The molecular formula is C16H24FN5O2S. The van der Waals surface area contributed by atoms with E-state index in [1.165, 1.54) is 12.1 Å². The Kier molecular flexibility index (Phi) is 6.77. The molecule has 0 amide bonds. The van der Waals surface area contributed by atoms with E-state index < -0.39 is 10.0 Å². The third-order valence-electron chi connectivity index (χ3n) is 3.51. The van der Waals surface area contributed by atoms with Crippen molar-refractivity contribution >= 4 is 26.9 Å². The van der Waals surface area contributed by atoms with Gasteiger partial charge in [0, 0.05) is 36.7 Å². The molecule has 0 aliphatic carbocycles. The number of hydrogen-bond acceptors (Lipinski definition) is 3. The second-order valence-electron chi connectivity index (χ2n) is 5.61. The fourth-order valence-electron chi connectivity index (χ4n) is 2.42. The van der Waals surface area contributed by atoms with Gasteiger partial charge in [0.15, 0.2) is 5.96 Å². The molecule has 7 nitrogen and oxygen atoms in total. The lowest BCUT2D eigenvalue weighted by atomic mass is 10.1. The zero-order valence-electron chi connectivity index (χ0n) is 14.4. The number of nitrogens with zero attached hydrogens (tertiary/aromatic N) is 1. The first kappa shape index (κ1) is 19.2. The second-order valence-corrected chi connectivity index (χ2v) is 7.44. The maximum absolute atomic E-state index is 13.2. The Morgan fingerprint density at radius 1 is 1.28 bits per heavy atom. The van der Waals surface area contributed by atoms with Crippen LogP contribution in [0.4, 0.5) is 4.39 Å². The van der Waals surface area contributed by atoms with Crippen molar-refractivity contribution < 1.29 is 12.8 Å². The van der Waals surface area contributed by atoms with E-state index in [0.29, 0.717) is 25.6 Å². The van der Waals surface area contributed by atoms with E-state index in [2.05, 4.69) is 25.3 Å². The molecule has 0 bridgehead atoms. The van der Waals surface area contributed by atoms with E-state index in [0.717, 1.165) is 29.1 Å². The van der Waals surface area contributed by atoms with Crippen LogP contribution in [-0.2, 0) is 16.4 Å². The molecule has 0 saturated carbocycles. The van der Waals surface area contributed by atoms with E-state index in [-0.39, 0.29) is 12.4 Å². The number of H-pyrrole nitrogens is 1. The minimum absolute atomic E-state index is 0.253. The third-order valence-corrected chi connectivity index (χ3v) is 4.23. The number of benzene rings is 1. The van der Waals surface area contributed by atoms with Gasteiger partial charge in [0.2, 0.25) is 10.0 Å². The molecule has 25 heavy (non-hydrogen) atoms. The quantitative estimate of drug-likeness (QED) is 0.316. The SMILES string of the molecule is CCNC(=NCCNS(C)(=O)=O)NCCc1c[nH]c2cc(F)ccc12. The van der Waals surface area contributed by atoms with Crippen LogP contribution in [0.5, 0.6) is 0 Å². The van der Waals surface area contributed by atoms with Gasteiger partial charge < -0.3 is 15.6 Å². The van der Waals surface area contributed by atoms with E-state index in [4.69, 9.17) is 0 Å². The normalized spacial score (nSPS) is 12.5. The minimum atomic E-state index is -3.20. The number of fused-ring (bicyclic) bond motifs is 1. The number of nitrogens with one attached hydrogen (secondary N) is 4. The summed E-state index contributed by atoms with van der Waals surface area (Å²) in [4.78, 5) is 7.39. The van der Waals surface area contributed by atoms with Gasteiger partial charge in [-0.05, 0) is 37.1 Å². The summed E-state index contributed by atoms with van der Waals surface area (Å²) in [5.41, 5.74) is 1.87. The summed E-state index contributed by atoms with van der Waals surface area (Å²) in [5, 5.41) is 7.32. The highest BCUT2D eigenvalue weighted by Gasteiger charge is 2.05.